The van der Waals surface area contributed by atoms with Crippen molar-refractivity contribution in [3.05, 3.63) is 91.0 Å². The summed E-state index contributed by atoms with van der Waals surface area (Å²) in [6.07, 6.45) is 1.04. The van der Waals surface area contributed by atoms with Crippen LogP contribution in [0.1, 0.15) is 6.92 Å². The largest absolute Gasteiger partial charge is 0.0923 e. The third kappa shape index (κ3) is 7.35. The van der Waals surface area contributed by atoms with Crippen LogP contribution in [0.15, 0.2) is 91.0 Å². The fourth-order valence-electron chi connectivity index (χ4n) is 2.31. The van der Waals surface area contributed by atoms with Gasteiger partial charge in [0.1, 0.15) is 0 Å². The SMILES string of the molecule is [B][B][B]CC.[Rh].c1ccc(P(c2ccccc2)c2ccccc2)cc1. The van der Waals surface area contributed by atoms with Gasteiger partial charge in [-0.2, -0.15) is 0 Å². The third-order valence-electron chi connectivity index (χ3n) is 3.41. The van der Waals surface area contributed by atoms with Crippen LogP contribution in [0.2, 0.25) is 6.32 Å². The second kappa shape index (κ2) is 13.2. The molecular weight excluding hydrogens is 407 g/mol. The van der Waals surface area contributed by atoms with Gasteiger partial charge in [-0.05, 0) is 23.8 Å². The van der Waals surface area contributed by atoms with E-state index in [0.29, 0.717) is 0 Å². The van der Waals surface area contributed by atoms with Gasteiger partial charge in [0.05, 0.1) is 7.17 Å². The van der Waals surface area contributed by atoms with Crippen molar-refractivity contribution < 1.29 is 19.5 Å². The molecule has 25 heavy (non-hydrogen) atoms. The van der Waals surface area contributed by atoms with Crippen molar-refractivity contribution in [1.82, 2.24) is 0 Å². The van der Waals surface area contributed by atoms with Crippen molar-refractivity contribution in [3.8, 4) is 0 Å². The van der Waals surface area contributed by atoms with E-state index in [1.165, 1.54) is 15.9 Å². The molecule has 0 amide bonds. The van der Waals surface area contributed by atoms with Gasteiger partial charge in [-0.1, -0.05) is 104 Å². The van der Waals surface area contributed by atoms with Crippen molar-refractivity contribution in [2.45, 2.75) is 13.2 Å². The van der Waals surface area contributed by atoms with Crippen LogP contribution in [0, 0.1) is 0 Å². The summed E-state index contributed by atoms with van der Waals surface area (Å²) < 4.78 is 0. The summed E-state index contributed by atoms with van der Waals surface area (Å²) in [5.74, 6) is 0. The molecule has 0 unspecified atom stereocenters. The predicted octanol–water partition coefficient (Wildman–Crippen LogP) is 3.27. The summed E-state index contributed by atoms with van der Waals surface area (Å²) in [4.78, 5) is 0. The fourth-order valence-corrected chi connectivity index (χ4v) is 4.62. The van der Waals surface area contributed by atoms with Gasteiger partial charge >= 0.3 is 0 Å². The van der Waals surface area contributed by atoms with Crippen LogP contribution in [0.4, 0.5) is 0 Å². The molecule has 0 heterocycles. The molecule has 0 bridgehead atoms. The van der Waals surface area contributed by atoms with Crippen molar-refractivity contribution in [2.75, 3.05) is 0 Å². The first kappa shape index (κ1) is 22.0. The van der Waals surface area contributed by atoms with Gasteiger partial charge in [0.2, 0.25) is 0 Å². The van der Waals surface area contributed by atoms with Crippen LogP contribution in [0.3, 0.4) is 0 Å². The quantitative estimate of drug-likeness (QED) is 0.434. The Bertz CT molecular complexity index is 585. The Morgan fingerprint density at radius 2 is 1.00 bits per heavy atom. The third-order valence-corrected chi connectivity index (χ3v) is 5.86. The van der Waals surface area contributed by atoms with Crippen LogP contribution in [0.25, 0.3) is 0 Å². The van der Waals surface area contributed by atoms with E-state index in [2.05, 4.69) is 91.0 Å². The summed E-state index contributed by atoms with van der Waals surface area (Å²) in [6.45, 7) is 2.04. The van der Waals surface area contributed by atoms with Gasteiger partial charge < -0.3 is 0 Å². The molecule has 0 spiro atoms. The van der Waals surface area contributed by atoms with Gasteiger partial charge in [-0.25, -0.2) is 0 Å². The molecule has 0 aromatic heterocycles. The zero-order valence-corrected chi connectivity index (χ0v) is 16.9. The molecule has 0 N–H and O–H groups in total. The molecule has 0 fully saturated rings. The Kier molecular flexibility index (Phi) is 11.6. The molecule has 3 aromatic rings. The van der Waals surface area contributed by atoms with E-state index in [1.807, 2.05) is 14.1 Å². The van der Waals surface area contributed by atoms with Gasteiger partial charge in [0, 0.05) is 34.3 Å². The Labute approximate surface area is 169 Å². The molecule has 0 aliphatic carbocycles. The molecule has 0 nitrogen and oxygen atoms in total. The molecule has 0 aliphatic rings. The van der Waals surface area contributed by atoms with E-state index < -0.39 is 7.92 Å². The maximum Gasteiger partial charge on any atom is 0.0541 e. The predicted molar refractivity (Wildman–Crippen MR) is 113 cm³/mol. The summed E-state index contributed by atoms with van der Waals surface area (Å²) in [5, 5.41) is 4.19. The molecule has 5 radical (unpaired) electrons. The fraction of sp³-hybridized carbons (Fsp3) is 0.100. The first-order valence-electron chi connectivity index (χ1n) is 8.18. The zero-order valence-electron chi connectivity index (χ0n) is 14.4. The van der Waals surface area contributed by atoms with E-state index in [1.54, 1.807) is 7.06 Å². The van der Waals surface area contributed by atoms with E-state index in [0.717, 1.165) is 6.32 Å². The van der Waals surface area contributed by atoms with Crippen LogP contribution in [0.5, 0.6) is 0 Å². The van der Waals surface area contributed by atoms with Crippen LogP contribution < -0.4 is 15.9 Å². The molecule has 0 aliphatic heterocycles. The average molecular weight is 427 g/mol. The summed E-state index contributed by atoms with van der Waals surface area (Å²) in [6, 6.07) is 32.3. The maximum atomic E-state index is 4.96. The van der Waals surface area contributed by atoms with E-state index >= 15 is 0 Å². The van der Waals surface area contributed by atoms with Crippen molar-refractivity contribution in [2.24, 2.45) is 0 Å². The molecule has 5 heteroatoms. The minimum Gasteiger partial charge on any atom is -0.0923 e. The molecule has 0 saturated heterocycles. The maximum absolute atomic E-state index is 4.96. The van der Waals surface area contributed by atoms with E-state index in [-0.39, 0.29) is 19.5 Å². The average Bonchev–Trinajstić information content (AvgIpc) is 2.66. The number of hydrogen-bond donors (Lipinski definition) is 0. The summed E-state index contributed by atoms with van der Waals surface area (Å²) >= 11 is 0. The molecule has 3 aromatic carbocycles. The summed E-state index contributed by atoms with van der Waals surface area (Å²) in [5.41, 5.74) is 0. The minimum absolute atomic E-state index is 0. The number of rotatable bonds is 5. The first-order chi connectivity index (χ1) is 11.9. The molecule has 0 atom stereocenters. The number of benzene rings is 3. The minimum atomic E-state index is -0.446. The second-order valence-electron chi connectivity index (χ2n) is 5.18. The second-order valence-corrected chi connectivity index (χ2v) is 7.40. The molecular formula is C20H20B3PRh. The van der Waals surface area contributed by atoms with Gasteiger partial charge in [0.25, 0.3) is 0 Å². The van der Waals surface area contributed by atoms with E-state index in [9.17, 15) is 0 Å². The van der Waals surface area contributed by atoms with Crippen molar-refractivity contribution in [1.29, 1.82) is 0 Å². The van der Waals surface area contributed by atoms with Crippen molar-refractivity contribution in [3.63, 3.8) is 0 Å². The zero-order chi connectivity index (χ0) is 17.0. The Balaban J connectivity index is 0.000000462. The topological polar surface area (TPSA) is 0 Å². The Hall–Kier alpha value is -1.09. The van der Waals surface area contributed by atoms with Gasteiger partial charge in [-0.3, -0.25) is 0 Å². The smallest absolute Gasteiger partial charge is 0.0541 e. The van der Waals surface area contributed by atoms with Crippen LogP contribution in [-0.2, 0) is 19.5 Å². The molecule has 0 saturated carbocycles. The van der Waals surface area contributed by atoms with Crippen molar-refractivity contribution >= 4 is 45.8 Å². The normalized spacial score (nSPS) is 9.36. The molecule has 3 rings (SSSR count). The Morgan fingerprint density at radius 1 is 0.680 bits per heavy atom. The standard InChI is InChI=1S/C18H15P.C2H5B3.Rh/c1-4-10-16(11-5-1)19(17-12-6-2-7-13-17)18-14-8-3-9-15-18;1-2-4-5-3;/h1-15H;2H2,1H3;. The molecule has 123 valence electrons. The van der Waals surface area contributed by atoms with Gasteiger partial charge in [-0.15, -0.1) is 0 Å². The van der Waals surface area contributed by atoms with Crippen LogP contribution in [-0.4, -0.2) is 22.0 Å². The monoisotopic (exact) mass is 427 g/mol. The Morgan fingerprint density at radius 3 is 1.20 bits per heavy atom. The van der Waals surface area contributed by atoms with E-state index in [4.69, 9.17) is 7.74 Å². The van der Waals surface area contributed by atoms with Gasteiger partial charge in [0.15, 0.2) is 0 Å². The first-order valence-corrected chi connectivity index (χ1v) is 9.53. The van der Waals surface area contributed by atoms with Crippen LogP contribution >= 0.6 is 7.92 Å². The number of hydrogen-bond acceptors (Lipinski definition) is 0. The summed E-state index contributed by atoms with van der Waals surface area (Å²) in [7, 11) is 7.97.